The summed E-state index contributed by atoms with van der Waals surface area (Å²) in [6.07, 6.45) is 0. The first kappa shape index (κ1) is 9.73. The molecule has 0 aliphatic rings. The smallest absolute Gasteiger partial charge is 0.153 e. The normalized spacial score (nSPS) is 10.6. The SMILES string of the molecule is COc1ccc2oc3c(C#N)cccc3c2c1. The van der Waals surface area contributed by atoms with Crippen LogP contribution in [-0.2, 0) is 0 Å². The first-order valence-corrected chi connectivity index (χ1v) is 5.23. The molecule has 0 fully saturated rings. The highest BCUT2D eigenvalue weighted by atomic mass is 16.5. The Hall–Kier alpha value is -2.47. The van der Waals surface area contributed by atoms with Gasteiger partial charge in [-0.1, -0.05) is 12.1 Å². The third kappa shape index (κ3) is 1.35. The molecule has 0 saturated heterocycles. The van der Waals surface area contributed by atoms with Crippen LogP contribution in [0.15, 0.2) is 40.8 Å². The molecule has 0 radical (unpaired) electrons. The van der Waals surface area contributed by atoms with Gasteiger partial charge < -0.3 is 9.15 Å². The second kappa shape index (κ2) is 3.53. The van der Waals surface area contributed by atoms with Gasteiger partial charge in [0.1, 0.15) is 17.4 Å². The third-order valence-electron chi connectivity index (χ3n) is 2.82. The number of hydrogen-bond acceptors (Lipinski definition) is 3. The van der Waals surface area contributed by atoms with Crippen molar-refractivity contribution < 1.29 is 9.15 Å². The number of ether oxygens (including phenoxy) is 1. The molecule has 82 valence electrons. The van der Waals surface area contributed by atoms with E-state index in [9.17, 15) is 0 Å². The second-order valence-electron chi connectivity index (χ2n) is 3.76. The quantitative estimate of drug-likeness (QED) is 0.634. The highest BCUT2D eigenvalue weighted by Crippen LogP contribution is 2.32. The molecule has 1 aromatic heterocycles. The second-order valence-corrected chi connectivity index (χ2v) is 3.76. The minimum atomic E-state index is 0.553. The van der Waals surface area contributed by atoms with Gasteiger partial charge in [0.2, 0.25) is 0 Å². The van der Waals surface area contributed by atoms with Crippen LogP contribution >= 0.6 is 0 Å². The maximum atomic E-state index is 9.03. The first-order valence-electron chi connectivity index (χ1n) is 5.23. The topological polar surface area (TPSA) is 46.2 Å². The Kier molecular flexibility index (Phi) is 2.02. The Morgan fingerprint density at radius 3 is 2.82 bits per heavy atom. The van der Waals surface area contributed by atoms with Gasteiger partial charge in [0.25, 0.3) is 0 Å². The average molecular weight is 223 g/mol. The Morgan fingerprint density at radius 2 is 2.06 bits per heavy atom. The summed E-state index contributed by atoms with van der Waals surface area (Å²) in [7, 11) is 1.63. The zero-order valence-electron chi connectivity index (χ0n) is 9.23. The van der Waals surface area contributed by atoms with Crippen LogP contribution in [0.4, 0.5) is 0 Å². The van der Waals surface area contributed by atoms with Crippen molar-refractivity contribution in [2.24, 2.45) is 0 Å². The Morgan fingerprint density at radius 1 is 1.18 bits per heavy atom. The molecule has 2 aromatic carbocycles. The molecule has 0 bridgehead atoms. The van der Waals surface area contributed by atoms with E-state index in [1.807, 2.05) is 30.3 Å². The number of para-hydroxylation sites is 1. The van der Waals surface area contributed by atoms with Crippen LogP contribution in [0.1, 0.15) is 5.56 Å². The van der Waals surface area contributed by atoms with Gasteiger partial charge >= 0.3 is 0 Å². The molecule has 3 aromatic rings. The largest absolute Gasteiger partial charge is 0.497 e. The fourth-order valence-electron chi connectivity index (χ4n) is 1.99. The van der Waals surface area contributed by atoms with Gasteiger partial charge in [-0.3, -0.25) is 0 Å². The summed E-state index contributed by atoms with van der Waals surface area (Å²) in [6, 6.07) is 13.3. The van der Waals surface area contributed by atoms with Crippen molar-refractivity contribution in [3.05, 3.63) is 42.0 Å². The molecule has 0 amide bonds. The molecule has 3 rings (SSSR count). The van der Waals surface area contributed by atoms with E-state index in [1.54, 1.807) is 13.2 Å². The van der Waals surface area contributed by atoms with E-state index in [1.165, 1.54) is 0 Å². The molecule has 17 heavy (non-hydrogen) atoms. The van der Waals surface area contributed by atoms with Gasteiger partial charge in [-0.05, 0) is 24.3 Å². The molecule has 0 saturated carbocycles. The number of rotatable bonds is 1. The Balaban J connectivity index is 2.47. The Labute approximate surface area is 97.8 Å². The van der Waals surface area contributed by atoms with E-state index in [0.717, 1.165) is 22.1 Å². The molecule has 0 aliphatic heterocycles. The summed E-state index contributed by atoms with van der Waals surface area (Å²) in [4.78, 5) is 0. The highest BCUT2D eigenvalue weighted by Gasteiger charge is 2.10. The summed E-state index contributed by atoms with van der Waals surface area (Å²) in [6.45, 7) is 0. The minimum absolute atomic E-state index is 0.553. The van der Waals surface area contributed by atoms with Crippen LogP contribution in [0.2, 0.25) is 0 Å². The van der Waals surface area contributed by atoms with Gasteiger partial charge in [-0.2, -0.15) is 5.26 Å². The lowest BCUT2D eigenvalue weighted by atomic mass is 10.1. The fourth-order valence-corrected chi connectivity index (χ4v) is 1.99. The summed E-state index contributed by atoms with van der Waals surface area (Å²) < 4.78 is 10.9. The monoisotopic (exact) mass is 223 g/mol. The number of benzene rings is 2. The lowest BCUT2D eigenvalue weighted by molar-refractivity contribution is 0.415. The van der Waals surface area contributed by atoms with E-state index in [0.29, 0.717) is 11.1 Å². The van der Waals surface area contributed by atoms with Crippen LogP contribution < -0.4 is 4.74 Å². The van der Waals surface area contributed by atoms with Gasteiger partial charge in [0.15, 0.2) is 5.58 Å². The molecular formula is C14H9NO2. The maximum Gasteiger partial charge on any atom is 0.153 e. The summed E-state index contributed by atoms with van der Waals surface area (Å²) >= 11 is 0. The van der Waals surface area contributed by atoms with E-state index < -0.39 is 0 Å². The van der Waals surface area contributed by atoms with Crippen molar-refractivity contribution in [1.29, 1.82) is 5.26 Å². The van der Waals surface area contributed by atoms with Crippen LogP contribution in [-0.4, -0.2) is 7.11 Å². The molecular weight excluding hydrogens is 214 g/mol. The van der Waals surface area contributed by atoms with Crippen LogP contribution in [0.5, 0.6) is 5.75 Å². The molecule has 1 heterocycles. The van der Waals surface area contributed by atoms with Crippen molar-refractivity contribution in [1.82, 2.24) is 0 Å². The van der Waals surface area contributed by atoms with Crippen LogP contribution in [0.25, 0.3) is 21.9 Å². The first-order chi connectivity index (χ1) is 8.33. The number of methoxy groups -OCH3 is 1. The molecule has 3 nitrogen and oxygen atoms in total. The van der Waals surface area contributed by atoms with E-state index in [4.69, 9.17) is 14.4 Å². The van der Waals surface area contributed by atoms with Gasteiger partial charge in [0.05, 0.1) is 12.7 Å². The lowest BCUT2D eigenvalue weighted by Gasteiger charge is -1.97. The average Bonchev–Trinajstić information content (AvgIpc) is 2.76. The van der Waals surface area contributed by atoms with E-state index in [2.05, 4.69) is 6.07 Å². The molecule has 0 N–H and O–H groups in total. The zero-order chi connectivity index (χ0) is 11.8. The van der Waals surface area contributed by atoms with Crippen LogP contribution in [0, 0.1) is 11.3 Å². The van der Waals surface area contributed by atoms with Crippen LogP contribution in [0.3, 0.4) is 0 Å². The number of nitrogens with zero attached hydrogens (tertiary/aromatic N) is 1. The number of nitriles is 1. The highest BCUT2D eigenvalue weighted by molar-refractivity contribution is 6.06. The van der Waals surface area contributed by atoms with Gasteiger partial charge in [-0.15, -0.1) is 0 Å². The molecule has 0 unspecified atom stereocenters. The Bertz CT molecular complexity index is 750. The van der Waals surface area contributed by atoms with Crippen molar-refractivity contribution >= 4 is 21.9 Å². The minimum Gasteiger partial charge on any atom is -0.497 e. The summed E-state index contributed by atoms with van der Waals surface area (Å²) in [5.74, 6) is 0.780. The number of hydrogen-bond donors (Lipinski definition) is 0. The van der Waals surface area contributed by atoms with Crippen molar-refractivity contribution in [2.75, 3.05) is 7.11 Å². The number of furan rings is 1. The molecule has 3 heteroatoms. The van der Waals surface area contributed by atoms with E-state index >= 15 is 0 Å². The van der Waals surface area contributed by atoms with Crippen molar-refractivity contribution in [3.63, 3.8) is 0 Å². The fraction of sp³-hybridized carbons (Fsp3) is 0.0714. The maximum absolute atomic E-state index is 9.03. The number of fused-ring (bicyclic) bond motifs is 3. The predicted octanol–water partition coefficient (Wildman–Crippen LogP) is 3.47. The predicted molar refractivity (Wildman–Crippen MR) is 65.0 cm³/mol. The van der Waals surface area contributed by atoms with Crippen molar-refractivity contribution in [3.8, 4) is 11.8 Å². The standard InChI is InChI=1S/C14H9NO2/c1-16-10-5-6-13-12(7-10)11-4-2-3-9(8-15)14(11)17-13/h2-7H,1H3. The van der Waals surface area contributed by atoms with E-state index in [-0.39, 0.29) is 0 Å². The van der Waals surface area contributed by atoms with Gasteiger partial charge in [-0.25, -0.2) is 0 Å². The third-order valence-corrected chi connectivity index (χ3v) is 2.82. The molecule has 0 atom stereocenters. The van der Waals surface area contributed by atoms with Gasteiger partial charge in [0, 0.05) is 10.8 Å². The summed E-state index contributed by atoms with van der Waals surface area (Å²) in [5, 5.41) is 10.9. The van der Waals surface area contributed by atoms with Crippen molar-refractivity contribution in [2.45, 2.75) is 0 Å². The molecule has 0 spiro atoms. The molecule has 0 aliphatic carbocycles. The summed E-state index contributed by atoms with van der Waals surface area (Å²) in [5.41, 5.74) is 1.96. The zero-order valence-corrected chi connectivity index (χ0v) is 9.23. The lowest BCUT2D eigenvalue weighted by Crippen LogP contribution is -1.80.